The van der Waals surface area contributed by atoms with Gasteiger partial charge < -0.3 is 10.6 Å². The number of fused-ring (bicyclic) bond motifs is 1. The van der Waals surface area contributed by atoms with Crippen molar-refractivity contribution in [1.29, 1.82) is 0 Å². The first-order valence-electron chi connectivity index (χ1n) is 6.82. The lowest BCUT2D eigenvalue weighted by molar-refractivity contribution is 0.395. The van der Waals surface area contributed by atoms with Crippen LogP contribution < -0.4 is 10.6 Å². The van der Waals surface area contributed by atoms with Crippen LogP contribution in [0.3, 0.4) is 0 Å². The zero-order chi connectivity index (χ0) is 14.3. The molecule has 21 heavy (non-hydrogen) atoms. The molecule has 0 amide bonds. The average molecular weight is 317 g/mol. The fraction of sp³-hybridized carbons (Fsp3) is 0.357. The van der Waals surface area contributed by atoms with E-state index >= 15 is 0 Å². The average Bonchev–Trinajstić information content (AvgIpc) is 3.15. The van der Waals surface area contributed by atoms with Gasteiger partial charge in [-0.1, -0.05) is 17.8 Å². The first-order chi connectivity index (χ1) is 10.3. The van der Waals surface area contributed by atoms with Gasteiger partial charge in [-0.05, 0) is 17.5 Å². The number of hydrogen-bond acceptors (Lipinski definition) is 7. The van der Waals surface area contributed by atoms with Crippen LogP contribution in [0.1, 0.15) is 4.88 Å². The van der Waals surface area contributed by atoms with Crippen LogP contribution in [0.4, 0.5) is 5.95 Å². The number of thioether (sulfide) groups is 1. The normalized spacial score (nSPS) is 28.3. The van der Waals surface area contributed by atoms with Crippen LogP contribution in [0.25, 0.3) is 0 Å². The predicted octanol–water partition coefficient (Wildman–Crippen LogP) is 1.93. The topological polar surface area (TPSA) is 67.4 Å². The highest BCUT2D eigenvalue weighted by atomic mass is 32.2. The van der Waals surface area contributed by atoms with E-state index in [0.717, 1.165) is 24.8 Å². The molecule has 0 aromatic carbocycles. The van der Waals surface area contributed by atoms with Crippen molar-refractivity contribution in [3.63, 3.8) is 0 Å². The third kappa shape index (κ3) is 2.11. The lowest BCUT2D eigenvalue weighted by atomic mass is 9.87. The summed E-state index contributed by atoms with van der Waals surface area (Å²) in [4.78, 5) is 17.1. The van der Waals surface area contributed by atoms with Crippen molar-refractivity contribution in [2.24, 2.45) is 16.6 Å². The maximum atomic E-state index is 6.03. The number of thiophene rings is 1. The smallest absolute Gasteiger partial charge is 0.225 e. The number of nitrogens with zero attached hydrogens (tertiary/aromatic N) is 4. The quantitative estimate of drug-likeness (QED) is 0.917. The van der Waals surface area contributed by atoms with Crippen LogP contribution in [-0.4, -0.2) is 34.0 Å². The second-order valence-electron chi connectivity index (χ2n) is 5.29. The van der Waals surface area contributed by atoms with Gasteiger partial charge in [0.2, 0.25) is 5.95 Å². The number of nitrogens with two attached hydrogens (primary N) is 1. The Labute approximate surface area is 131 Å². The second-order valence-corrected chi connectivity index (χ2v) is 7.28. The Balaban J connectivity index is 1.76. The summed E-state index contributed by atoms with van der Waals surface area (Å²) in [5, 5.41) is 2.80. The number of aliphatic imine (C=N–C) groups is 1. The van der Waals surface area contributed by atoms with Crippen LogP contribution >= 0.6 is 23.1 Å². The molecule has 4 rings (SSSR count). The predicted molar refractivity (Wildman–Crippen MR) is 87.8 cm³/mol. The van der Waals surface area contributed by atoms with E-state index in [9.17, 15) is 0 Å². The lowest BCUT2D eigenvalue weighted by Crippen LogP contribution is -2.39. The monoisotopic (exact) mass is 317 g/mol. The molecule has 1 saturated heterocycles. The van der Waals surface area contributed by atoms with Gasteiger partial charge in [-0.15, -0.1) is 11.3 Å². The summed E-state index contributed by atoms with van der Waals surface area (Å²) in [5.41, 5.74) is 5.80. The molecule has 5 nitrogen and oxygen atoms in total. The Bertz CT molecular complexity index is 657. The summed E-state index contributed by atoms with van der Waals surface area (Å²) in [6.07, 6.45) is 3.57. The highest BCUT2D eigenvalue weighted by Crippen LogP contribution is 2.47. The molecular weight excluding hydrogens is 302 g/mol. The maximum absolute atomic E-state index is 6.03. The largest absolute Gasteiger partial charge is 0.379 e. The van der Waals surface area contributed by atoms with Gasteiger partial charge in [0.1, 0.15) is 5.54 Å². The van der Waals surface area contributed by atoms with Gasteiger partial charge in [-0.2, -0.15) is 0 Å². The number of aromatic nitrogens is 2. The minimum absolute atomic E-state index is 0.233. The molecule has 1 fully saturated rings. The van der Waals surface area contributed by atoms with Crippen LogP contribution in [0, 0.1) is 5.92 Å². The maximum Gasteiger partial charge on any atom is 0.225 e. The van der Waals surface area contributed by atoms with E-state index in [1.54, 1.807) is 35.5 Å². The van der Waals surface area contributed by atoms with E-state index < -0.39 is 0 Å². The number of amidine groups is 1. The van der Waals surface area contributed by atoms with Gasteiger partial charge in [0.15, 0.2) is 5.17 Å². The Kier molecular flexibility index (Phi) is 3.11. The van der Waals surface area contributed by atoms with Crippen molar-refractivity contribution in [1.82, 2.24) is 9.97 Å². The standard InChI is InChI=1S/C14H15N5S2/c15-12-18-14(11-3-1-6-20-11)9-19(7-10(14)8-21-12)13-16-4-2-5-17-13/h1-6,10H,7-9H2,(H2,15,18). The minimum atomic E-state index is -0.233. The van der Waals surface area contributed by atoms with Crippen molar-refractivity contribution in [2.75, 3.05) is 23.7 Å². The summed E-state index contributed by atoms with van der Waals surface area (Å²) in [6.45, 7) is 1.72. The molecule has 4 heterocycles. The van der Waals surface area contributed by atoms with E-state index in [-0.39, 0.29) is 5.54 Å². The van der Waals surface area contributed by atoms with Gasteiger partial charge in [0.05, 0.1) is 6.54 Å². The molecule has 2 aliphatic heterocycles. The molecule has 2 N–H and O–H groups in total. The molecule has 2 aliphatic rings. The lowest BCUT2D eigenvalue weighted by Gasteiger charge is -2.33. The van der Waals surface area contributed by atoms with E-state index in [4.69, 9.17) is 10.7 Å². The molecule has 2 aromatic rings. The molecule has 0 radical (unpaired) electrons. The van der Waals surface area contributed by atoms with E-state index in [2.05, 4.69) is 32.4 Å². The molecule has 0 aliphatic carbocycles. The fourth-order valence-electron chi connectivity index (χ4n) is 3.10. The minimum Gasteiger partial charge on any atom is -0.379 e. The molecule has 0 spiro atoms. The second kappa shape index (κ2) is 4.99. The fourth-order valence-corrected chi connectivity index (χ4v) is 5.02. The zero-order valence-electron chi connectivity index (χ0n) is 11.3. The molecule has 108 valence electrons. The first-order valence-corrected chi connectivity index (χ1v) is 8.68. The number of anilines is 1. The zero-order valence-corrected chi connectivity index (χ0v) is 13.0. The van der Waals surface area contributed by atoms with Gasteiger partial charge in [0.25, 0.3) is 0 Å². The summed E-state index contributed by atoms with van der Waals surface area (Å²) in [6, 6.07) is 6.09. The summed E-state index contributed by atoms with van der Waals surface area (Å²) in [7, 11) is 0. The highest BCUT2D eigenvalue weighted by molar-refractivity contribution is 8.13. The van der Waals surface area contributed by atoms with Gasteiger partial charge >= 0.3 is 0 Å². The van der Waals surface area contributed by atoms with Crippen molar-refractivity contribution in [2.45, 2.75) is 5.54 Å². The Hall–Kier alpha value is -1.60. The third-order valence-corrected chi connectivity index (χ3v) is 6.07. The third-order valence-electron chi connectivity index (χ3n) is 4.07. The van der Waals surface area contributed by atoms with Crippen LogP contribution in [0.15, 0.2) is 41.0 Å². The van der Waals surface area contributed by atoms with Crippen LogP contribution in [0.2, 0.25) is 0 Å². The molecule has 2 atom stereocenters. The Morgan fingerprint density at radius 2 is 2.14 bits per heavy atom. The molecule has 2 unspecified atom stereocenters. The van der Waals surface area contributed by atoms with Crippen molar-refractivity contribution in [3.8, 4) is 0 Å². The van der Waals surface area contributed by atoms with Gasteiger partial charge in [0, 0.05) is 35.5 Å². The van der Waals surface area contributed by atoms with Crippen LogP contribution in [-0.2, 0) is 5.54 Å². The SMILES string of the molecule is NC1=NC2(c3cccs3)CN(c3ncccn3)CC2CS1. The van der Waals surface area contributed by atoms with E-state index in [0.29, 0.717) is 11.1 Å². The highest BCUT2D eigenvalue weighted by Gasteiger charge is 2.51. The van der Waals surface area contributed by atoms with E-state index in [1.807, 2.05) is 6.07 Å². The first kappa shape index (κ1) is 13.1. The number of rotatable bonds is 2. The summed E-state index contributed by atoms with van der Waals surface area (Å²) >= 11 is 3.41. The molecule has 0 saturated carbocycles. The Morgan fingerprint density at radius 3 is 2.90 bits per heavy atom. The van der Waals surface area contributed by atoms with Crippen LogP contribution in [0.5, 0.6) is 0 Å². The van der Waals surface area contributed by atoms with Gasteiger partial charge in [-0.3, -0.25) is 0 Å². The van der Waals surface area contributed by atoms with Crippen molar-refractivity contribution in [3.05, 3.63) is 40.8 Å². The van der Waals surface area contributed by atoms with Crippen molar-refractivity contribution < 1.29 is 0 Å². The van der Waals surface area contributed by atoms with E-state index in [1.165, 1.54) is 4.88 Å². The molecule has 0 bridgehead atoms. The molecule has 7 heteroatoms. The Morgan fingerprint density at radius 1 is 1.29 bits per heavy atom. The van der Waals surface area contributed by atoms with Gasteiger partial charge in [-0.25, -0.2) is 15.0 Å². The number of hydrogen-bond donors (Lipinski definition) is 1. The van der Waals surface area contributed by atoms with Crippen molar-refractivity contribution >= 4 is 34.2 Å². The molecular formula is C14H15N5S2. The summed E-state index contributed by atoms with van der Waals surface area (Å²) in [5.74, 6) is 2.22. The molecule has 2 aromatic heterocycles. The summed E-state index contributed by atoms with van der Waals surface area (Å²) < 4.78 is 0.